The van der Waals surface area contributed by atoms with Gasteiger partial charge in [0.05, 0.1) is 29.1 Å². The molecule has 2 fully saturated rings. The topological polar surface area (TPSA) is 126 Å². The van der Waals surface area contributed by atoms with Crippen molar-refractivity contribution in [2.45, 2.75) is 82.3 Å². The number of nitrogens with zero attached hydrogens (tertiary/aromatic N) is 6. The molecule has 0 saturated carbocycles. The second-order valence-electron chi connectivity index (χ2n) is 17.3. The molecule has 65 heavy (non-hydrogen) atoms. The number of carbonyl (C=O) groups excluding carboxylic acids is 5. The van der Waals surface area contributed by atoms with E-state index >= 15 is 4.39 Å². The molecule has 16 heteroatoms. The van der Waals surface area contributed by atoms with Crippen LogP contribution in [0, 0.1) is 17.5 Å². The highest BCUT2D eigenvalue weighted by molar-refractivity contribution is 6.34. The summed E-state index contributed by atoms with van der Waals surface area (Å²) < 4.78 is 46.2. The number of aldehydes is 1. The maximum Gasteiger partial charge on any atom is 0.255 e. The Morgan fingerprint density at radius 2 is 1.71 bits per heavy atom. The average Bonchev–Trinajstić information content (AvgIpc) is 3.64. The third kappa shape index (κ3) is 8.96. The zero-order valence-corrected chi connectivity index (χ0v) is 37.2. The van der Waals surface area contributed by atoms with Crippen LogP contribution in [0.25, 0.3) is 22.0 Å². The Bertz CT molecular complexity index is 2530. The Morgan fingerprint density at radius 3 is 2.43 bits per heavy atom. The number of hydrogen-bond donors (Lipinski definition) is 1. The van der Waals surface area contributed by atoms with Crippen molar-refractivity contribution in [2.24, 2.45) is 0 Å². The smallest absolute Gasteiger partial charge is 0.255 e. The Labute approximate surface area is 381 Å². The molecule has 3 aromatic carbocycles. The predicted octanol–water partition coefficient (Wildman–Crippen LogP) is 7.40. The van der Waals surface area contributed by atoms with Gasteiger partial charge in [-0.2, -0.15) is 0 Å². The van der Waals surface area contributed by atoms with Crippen molar-refractivity contribution < 1.29 is 37.1 Å². The summed E-state index contributed by atoms with van der Waals surface area (Å²) in [6.45, 7) is 7.59. The number of anilines is 2. The van der Waals surface area contributed by atoms with Crippen molar-refractivity contribution in [2.75, 3.05) is 62.7 Å². The number of benzene rings is 3. The summed E-state index contributed by atoms with van der Waals surface area (Å²) in [6, 6.07) is 8.69. The number of unbranched alkanes of at least 4 members (excludes halogenated alkanes) is 4. The normalized spacial score (nSPS) is 18.1. The zero-order valence-electron chi connectivity index (χ0n) is 36.5. The first kappa shape index (κ1) is 45.8. The highest BCUT2D eigenvalue weighted by Crippen LogP contribution is 2.46. The van der Waals surface area contributed by atoms with Gasteiger partial charge in [-0.15, -0.1) is 0 Å². The van der Waals surface area contributed by atoms with Crippen LogP contribution in [0.4, 0.5) is 24.5 Å². The minimum atomic E-state index is -0.814. The SMILES string of the molecule is C=CC(=O)N1CCN2c3c(cnc4c(F)c(-c5ccccc5F)c(Cl)cc34)N(CCCCCCCN3CCC(c4cc(F)cc5c4CN(C(CCC=O)C(=O)NC)C5=O)CC3)C(=O)C2C1. The van der Waals surface area contributed by atoms with Crippen LogP contribution >= 0.6 is 11.6 Å². The van der Waals surface area contributed by atoms with Gasteiger partial charge in [0.1, 0.15) is 35.5 Å². The summed E-state index contributed by atoms with van der Waals surface area (Å²) in [4.78, 5) is 77.8. The molecule has 4 amide bonds. The van der Waals surface area contributed by atoms with Gasteiger partial charge in [0.25, 0.3) is 11.8 Å². The molecule has 0 bridgehead atoms. The monoisotopic (exact) mass is 911 g/mol. The number of likely N-dealkylation sites (tertiary alicyclic amines) is 1. The van der Waals surface area contributed by atoms with Crippen molar-refractivity contribution in [3.8, 4) is 11.1 Å². The molecule has 4 aliphatic rings. The number of hydrogen-bond acceptors (Lipinski definition) is 8. The number of rotatable bonds is 16. The largest absolute Gasteiger partial charge is 0.357 e. The van der Waals surface area contributed by atoms with Crippen LogP contribution < -0.4 is 15.1 Å². The van der Waals surface area contributed by atoms with Crippen molar-refractivity contribution in [1.29, 1.82) is 0 Å². The highest BCUT2D eigenvalue weighted by atomic mass is 35.5. The first-order chi connectivity index (χ1) is 31.4. The fourth-order valence-corrected chi connectivity index (χ4v) is 10.5. The van der Waals surface area contributed by atoms with E-state index in [4.69, 9.17) is 11.6 Å². The van der Waals surface area contributed by atoms with Crippen molar-refractivity contribution >= 4 is 63.8 Å². The molecule has 2 saturated heterocycles. The lowest BCUT2D eigenvalue weighted by Gasteiger charge is -2.48. The van der Waals surface area contributed by atoms with E-state index in [9.17, 15) is 32.8 Å². The van der Waals surface area contributed by atoms with E-state index in [1.54, 1.807) is 21.9 Å². The third-order valence-corrected chi connectivity index (χ3v) is 13.9. The van der Waals surface area contributed by atoms with Crippen LogP contribution in [0.5, 0.6) is 0 Å². The second-order valence-corrected chi connectivity index (χ2v) is 17.7. The number of halogens is 4. The number of piperazine rings is 1. The molecular formula is C49H53ClF3N7O5. The van der Waals surface area contributed by atoms with E-state index in [2.05, 4.69) is 21.8 Å². The third-order valence-electron chi connectivity index (χ3n) is 13.6. The lowest BCUT2D eigenvalue weighted by Crippen LogP contribution is -2.63. The number of piperidine rings is 1. The van der Waals surface area contributed by atoms with E-state index in [1.807, 2.05) is 4.90 Å². The van der Waals surface area contributed by atoms with E-state index in [1.165, 1.54) is 54.6 Å². The molecule has 2 unspecified atom stereocenters. The number of pyridine rings is 1. The van der Waals surface area contributed by atoms with Crippen LogP contribution in [0.2, 0.25) is 5.02 Å². The summed E-state index contributed by atoms with van der Waals surface area (Å²) in [5.41, 5.74) is 2.97. The van der Waals surface area contributed by atoms with E-state index in [0.29, 0.717) is 48.4 Å². The average molecular weight is 912 g/mol. The Hall–Kier alpha value is -5.80. The number of amides is 4. The highest BCUT2D eigenvalue weighted by Gasteiger charge is 2.44. The standard InChI is InChI=1S/C49H53ClF3N7O5/c1-3-42(62)57-21-22-58-41(29-57)49(65)59(40-27-55-45-35(46(40)58)26-37(50)43(44(45)53)32-12-7-8-13-38(32)52)18-10-6-4-5-9-17-56-19-15-30(16-20-56)33-24-31(51)25-34-36(33)28-60(48(34)64)39(14-11-23-61)47(63)54-2/h3,7-8,12-13,23-27,30,39,41H,1,4-6,9-11,14-22,28-29H2,2H3,(H,54,63). The fourth-order valence-electron chi connectivity index (χ4n) is 10.2. The Balaban J connectivity index is 0.880. The minimum Gasteiger partial charge on any atom is -0.357 e. The van der Waals surface area contributed by atoms with Gasteiger partial charge in [0.2, 0.25) is 11.8 Å². The van der Waals surface area contributed by atoms with Crippen molar-refractivity contribution in [3.63, 3.8) is 0 Å². The molecule has 0 aliphatic carbocycles. The van der Waals surface area contributed by atoms with Gasteiger partial charge in [-0.3, -0.25) is 24.2 Å². The molecule has 12 nitrogen and oxygen atoms in total. The maximum absolute atomic E-state index is 16.4. The molecule has 0 spiro atoms. The Kier molecular flexibility index (Phi) is 13.9. The fraction of sp³-hybridized carbons (Fsp3) is 0.429. The lowest BCUT2D eigenvalue weighted by atomic mass is 9.85. The quantitative estimate of drug-likeness (QED) is 0.0701. The van der Waals surface area contributed by atoms with Gasteiger partial charge in [-0.1, -0.05) is 55.6 Å². The zero-order chi connectivity index (χ0) is 45.9. The molecule has 4 aromatic rings. The summed E-state index contributed by atoms with van der Waals surface area (Å²) in [5.74, 6) is -2.96. The molecule has 1 aromatic heterocycles. The van der Waals surface area contributed by atoms with Gasteiger partial charge >= 0.3 is 0 Å². The van der Waals surface area contributed by atoms with Crippen LogP contribution in [0.1, 0.15) is 85.2 Å². The number of nitrogens with one attached hydrogen (secondary N) is 1. The van der Waals surface area contributed by atoms with Crippen LogP contribution in [-0.2, 0) is 25.7 Å². The Morgan fingerprint density at radius 1 is 0.969 bits per heavy atom. The van der Waals surface area contributed by atoms with Gasteiger partial charge in [-0.25, -0.2) is 13.2 Å². The number of carbonyl (C=O) groups is 5. The number of fused-ring (bicyclic) bond motifs is 6. The molecular weight excluding hydrogens is 859 g/mol. The maximum atomic E-state index is 16.4. The summed E-state index contributed by atoms with van der Waals surface area (Å²) in [6.07, 6.45) is 9.91. The minimum absolute atomic E-state index is 0.00866. The predicted molar refractivity (Wildman–Crippen MR) is 243 cm³/mol. The van der Waals surface area contributed by atoms with Crippen LogP contribution in [-0.4, -0.2) is 115 Å². The molecule has 1 N–H and O–H groups in total. The van der Waals surface area contributed by atoms with Crippen molar-refractivity contribution in [1.82, 2.24) is 25.0 Å². The van der Waals surface area contributed by atoms with Gasteiger partial charge < -0.3 is 34.6 Å². The van der Waals surface area contributed by atoms with E-state index in [0.717, 1.165) is 75.6 Å². The van der Waals surface area contributed by atoms with Crippen LogP contribution in [0.15, 0.2) is 61.3 Å². The van der Waals surface area contributed by atoms with Crippen LogP contribution in [0.3, 0.4) is 0 Å². The molecule has 2 atom stereocenters. The summed E-state index contributed by atoms with van der Waals surface area (Å²) in [5, 5.41) is 3.01. The van der Waals surface area contributed by atoms with Gasteiger partial charge in [0, 0.05) is 61.7 Å². The van der Waals surface area contributed by atoms with E-state index < -0.39 is 29.5 Å². The lowest BCUT2D eigenvalue weighted by molar-refractivity contribution is -0.129. The first-order valence-corrected chi connectivity index (χ1v) is 22.9. The second kappa shape index (κ2) is 19.7. The van der Waals surface area contributed by atoms with Gasteiger partial charge in [0.15, 0.2) is 5.82 Å². The molecule has 0 radical (unpaired) electrons. The first-order valence-electron chi connectivity index (χ1n) is 22.5. The molecule has 4 aliphatic heterocycles. The summed E-state index contributed by atoms with van der Waals surface area (Å²) in [7, 11) is 1.49. The number of likely N-dealkylation sites (N-methyl/N-ethyl adjacent to an activating group) is 1. The summed E-state index contributed by atoms with van der Waals surface area (Å²) >= 11 is 6.73. The molecule has 8 rings (SSSR count). The van der Waals surface area contributed by atoms with E-state index in [-0.39, 0.29) is 77.1 Å². The van der Waals surface area contributed by atoms with Crippen molar-refractivity contribution in [3.05, 3.63) is 100 Å². The number of aromatic nitrogens is 1. The van der Waals surface area contributed by atoms with Gasteiger partial charge in [-0.05, 0) is 99.1 Å². The molecule has 5 heterocycles. The molecule has 342 valence electrons.